The third-order valence-corrected chi connectivity index (χ3v) is 4.65. The second-order valence-electron chi connectivity index (χ2n) is 6.22. The highest BCUT2D eigenvalue weighted by Gasteiger charge is 2.22. The molecular formula is C16H27N3. The zero-order valence-electron chi connectivity index (χ0n) is 12.2. The molecule has 0 unspecified atom stereocenters. The maximum Gasteiger partial charge on any atom is 0.0537 e. The van der Waals surface area contributed by atoms with E-state index in [-0.39, 0.29) is 0 Å². The Kier molecular flexibility index (Phi) is 4.21. The lowest BCUT2D eigenvalue weighted by atomic mass is 10.1. The molecule has 2 fully saturated rings. The predicted octanol–water partition coefficient (Wildman–Crippen LogP) is 3.59. The maximum absolute atomic E-state index is 4.73. The number of nitrogens with one attached hydrogen (secondary N) is 1. The fourth-order valence-corrected chi connectivity index (χ4v) is 3.32. The Balaban J connectivity index is 1.71. The van der Waals surface area contributed by atoms with Crippen LogP contribution in [0.15, 0.2) is 6.20 Å². The van der Waals surface area contributed by atoms with Crippen LogP contribution in [0.4, 0.5) is 0 Å². The van der Waals surface area contributed by atoms with Crippen molar-refractivity contribution in [2.75, 3.05) is 0 Å². The Morgan fingerprint density at radius 2 is 1.89 bits per heavy atom. The molecule has 0 bridgehead atoms. The highest BCUT2D eigenvalue weighted by molar-refractivity contribution is 5.18. The van der Waals surface area contributed by atoms with Crippen LogP contribution in [-0.4, -0.2) is 15.8 Å². The number of hydrogen-bond donors (Lipinski definition) is 1. The summed E-state index contributed by atoms with van der Waals surface area (Å²) in [7, 11) is 0. The molecule has 0 amide bonds. The Morgan fingerprint density at radius 3 is 2.53 bits per heavy atom. The molecular weight excluding hydrogens is 234 g/mol. The Morgan fingerprint density at radius 1 is 1.16 bits per heavy atom. The summed E-state index contributed by atoms with van der Waals surface area (Å²) in [5.41, 5.74) is 2.90. The summed E-state index contributed by atoms with van der Waals surface area (Å²) < 4.78 is 2.36. The third-order valence-electron chi connectivity index (χ3n) is 4.65. The molecule has 1 aromatic heterocycles. The van der Waals surface area contributed by atoms with Crippen molar-refractivity contribution >= 4 is 0 Å². The quantitative estimate of drug-likeness (QED) is 0.821. The van der Waals surface area contributed by atoms with Gasteiger partial charge in [-0.3, -0.25) is 4.68 Å². The molecule has 0 atom stereocenters. The average molecular weight is 261 g/mol. The van der Waals surface area contributed by atoms with Gasteiger partial charge in [-0.1, -0.05) is 32.6 Å². The number of aromatic nitrogens is 2. The van der Waals surface area contributed by atoms with Crippen LogP contribution in [0.25, 0.3) is 0 Å². The van der Waals surface area contributed by atoms with Crippen molar-refractivity contribution in [1.82, 2.24) is 15.1 Å². The van der Waals surface area contributed by atoms with E-state index >= 15 is 0 Å². The second kappa shape index (κ2) is 6.08. The van der Waals surface area contributed by atoms with Crippen LogP contribution >= 0.6 is 0 Å². The summed E-state index contributed by atoms with van der Waals surface area (Å²) in [5, 5.41) is 8.35. The number of nitrogens with zero attached hydrogens (tertiary/aromatic N) is 2. The molecule has 3 heteroatoms. The minimum absolute atomic E-state index is 0.659. The lowest BCUT2D eigenvalue weighted by Gasteiger charge is -2.18. The molecule has 2 aliphatic carbocycles. The third kappa shape index (κ3) is 3.19. The molecule has 0 aliphatic heterocycles. The Bertz CT molecular complexity index is 398. The van der Waals surface area contributed by atoms with Gasteiger partial charge >= 0.3 is 0 Å². The summed E-state index contributed by atoms with van der Waals surface area (Å²) in [6.45, 7) is 3.28. The minimum Gasteiger partial charge on any atom is -0.310 e. The van der Waals surface area contributed by atoms with Crippen LogP contribution < -0.4 is 5.32 Å². The molecule has 0 saturated heterocycles. The van der Waals surface area contributed by atoms with Crippen molar-refractivity contribution < 1.29 is 0 Å². The molecule has 3 nitrogen and oxygen atoms in total. The van der Waals surface area contributed by atoms with E-state index in [0.29, 0.717) is 6.04 Å². The zero-order chi connectivity index (χ0) is 13.1. The SMILES string of the molecule is CCc1c(CNC2CC2)cnn1C1CCCCCC1. The predicted molar refractivity (Wildman–Crippen MR) is 78.2 cm³/mol. The molecule has 0 spiro atoms. The van der Waals surface area contributed by atoms with Crippen molar-refractivity contribution in [3.63, 3.8) is 0 Å². The topological polar surface area (TPSA) is 29.9 Å². The van der Waals surface area contributed by atoms with Gasteiger partial charge in [0.25, 0.3) is 0 Å². The number of hydrogen-bond acceptors (Lipinski definition) is 2. The lowest BCUT2D eigenvalue weighted by Crippen LogP contribution is -2.17. The van der Waals surface area contributed by atoms with Gasteiger partial charge in [-0.25, -0.2) is 0 Å². The van der Waals surface area contributed by atoms with Gasteiger partial charge in [0, 0.05) is 23.8 Å². The van der Waals surface area contributed by atoms with Gasteiger partial charge in [0.05, 0.1) is 12.2 Å². The molecule has 0 radical (unpaired) electrons. The summed E-state index contributed by atoms with van der Waals surface area (Å²) in [4.78, 5) is 0. The van der Waals surface area contributed by atoms with Crippen LogP contribution in [0.3, 0.4) is 0 Å². The standard InChI is InChI=1S/C16H27N3/c1-2-16-13(11-17-14-9-10-14)12-18-19(16)15-7-5-3-4-6-8-15/h12,14-15,17H,2-11H2,1H3. The van der Waals surface area contributed by atoms with Gasteiger partial charge in [0.2, 0.25) is 0 Å². The molecule has 2 saturated carbocycles. The van der Waals surface area contributed by atoms with Crippen molar-refractivity contribution in [2.45, 2.75) is 83.3 Å². The molecule has 19 heavy (non-hydrogen) atoms. The fourth-order valence-electron chi connectivity index (χ4n) is 3.32. The van der Waals surface area contributed by atoms with Crippen LogP contribution in [0.1, 0.15) is 75.6 Å². The first-order valence-electron chi connectivity index (χ1n) is 8.17. The first kappa shape index (κ1) is 13.2. The Hall–Kier alpha value is -0.830. The summed E-state index contributed by atoms with van der Waals surface area (Å²) in [5.74, 6) is 0. The monoisotopic (exact) mass is 261 g/mol. The van der Waals surface area contributed by atoms with Crippen molar-refractivity contribution in [2.24, 2.45) is 0 Å². The fraction of sp³-hybridized carbons (Fsp3) is 0.812. The van der Waals surface area contributed by atoms with Crippen LogP contribution in [0.2, 0.25) is 0 Å². The second-order valence-corrected chi connectivity index (χ2v) is 6.22. The van der Waals surface area contributed by atoms with Crippen LogP contribution in [0.5, 0.6) is 0 Å². The highest BCUT2D eigenvalue weighted by Crippen LogP contribution is 2.29. The number of rotatable bonds is 5. The van der Waals surface area contributed by atoms with Gasteiger partial charge < -0.3 is 5.32 Å². The van der Waals surface area contributed by atoms with Gasteiger partial charge in [-0.2, -0.15) is 5.10 Å². The molecule has 3 rings (SSSR count). The van der Waals surface area contributed by atoms with E-state index in [4.69, 9.17) is 5.10 Å². The molecule has 106 valence electrons. The molecule has 1 N–H and O–H groups in total. The van der Waals surface area contributed by atoms with Crippen molar-refractivity contribution in [3.8, 4) is 0 Å². The zero-order valence-corrected chi connectivity index (χ0v) is 12.2. The maximum atomic E-state index is 4.73. The summed E-state index contributed by atoms with van der Waals surface area (Å²) >= 11 is 0. The van der Waals surface area contributed by atoms with E-state index in [1.54, 1.807) is 0 Å². The van der Waals surface area contributed by atoms with E-state index in [2.05, 4.69) is 23.1 Å². The minimum atomic E-state index is 0.659. The first-order chi connectivity index (χ1) is 9.38. The highest BCUT2D eigenvalue weighted by atomic mass is 15.3. The average Bonchev–Trinajstić information content (AvgIpc) is 3.21. The van der Waals surface area contributed by atoms with Gasteiger partial charge in [-0.15, -0.1) is 0 Å². The first-order valence-corrected chi connectivity index (χ1v) is 8.17. The van der Waals surface area contributed by atoms with E-state index in [1.165, 1.54) is 62.6 Å². The normalized spacial score (nSPS) is 21.5. The smallest absolute Gasteiger partial charge is 0.0537 e. The van der Waals surface area contributed by atoms with Gasteiger partial charge in [-0.05, 0) is 32.1 Å². The van der Waals surface area contributed by atoms with Crippen LogP contribution in [0, 0.1) is 0 Å². The molecule has 1 aromatic rings. The van der Waals surface area contributed by atoms with Crippen molar-refractivity contribution in [1.29, 1.82) is 0 Å². The van der Waals surface area contributed by atoms with Gasteiger partial charge in [0.1, 0.15) is 0 Å². The van der Waals surface area contributed by atoms with Gasteiger partial charge in [0.15, 0.2) is 0 Å². The van der Waals surface area contributed by atoms with E-state index in [9.17, 15) is 0 Å². The summed E-state index contributed by atoms with van der Waals surface area (Å²) in [6.07, 6.45) is 14.2. The van der Waals surface area contributed by atoms with E-state index in [1.807, 2.05) is 0 Å². The molecule has 0 aromatic carbocycles. The lowest BCUT2D eigenvalue weighted by molar-refractivity contribution is 0.393. The Labute approximate surface area is 116 Å². The molecule has 1 heterocycles. The van der Waals surface area contributed by atoms with Crippen LogP contribution in [-0.2, 0) is 13.0 Å². The molecule has 2 aliphatic rings. The van der Waals surface area contributed by atoms with E-state index < -0.39 is 0 Å². The van der Waals surface area contributed by atoms with Crippen molar-refractivity contribution in [3.05, 3.63) is 17.5 Å². The largest absolute Gasteiger partial charge is 0.310 e. The van der Waals surface area contributed by atoms with E-state index in [0.717, 1.165) is 19.0 Å². The summed E-state index contributed by atoms with van der Waals surface area (Å²) in [6, 6.07) is 1.44.